The monoisotopic (exact) mass is 298 g/mol. The van der Waals surface area contributed by atoms with Crippen molar-refractivity contribution >= 4 is 21.2 Å². The van der Waals surface area contributed by atoms with Crippen LogP contribution in [0.1, 0.15) is 5.82 Å². The molecule has 0 amide bonds. The number of H-pyrrole nitrogens is 1. The summed E-state index contributed by atoms with van der Waals surface area (Å²) in [6.45, 7) is 0.0740. The van der Waals surface area contributed by atoms with Crippen LogP contribution in [0.15, 0.2) is 23.1 Å². The predicted molar refractivity (Wildman–Crippen MR) is 67.7 cm³/mol. The standard InChI is InChI=1S/C9H10N6O4S/c1-20(18,19)7-4-2-3-6(9(7)15(16)17)10-5-8-11-13-14-12-8/h2-4,10H,5H2,1H3,(H,11,12,13,14). The summed E-state index contributed by atoms with van der Waals surface area (Å²) in [5, 5.41) is 26.8. The summed E-state index contributed by atoms with van der Waals surface area (Å²) in [6, 6.07) is 4.02. The molecule has 0 aliphatic rings. The molecule has 2 N–H and O–H groups in total. The molecule has 0 saturated carbocycles. The number of tetrazole rings is 1. The second kappa shape index (κ2) is 5.21. The number of anilines is 1. The fourth-order valence-electron chi connectivity index (χ4n) is 1.58. The third kappa shape index (κ3) is 2.88. The third-order valence-corrected chi connectivity index (χ3v) is 3.54. The van der Waals surface area contributed by atoms with Gasteiger partial charge in [-0.1, -0.05) is 11.3 Å². The van der Waals surface area contributed by atoms with Gasteiger partial charge in [-0.15, -0.1) is 10.2 Å². The molecule has 10 nitrogen and oxygen atoms in total. The molecular formula is C9H10N6O4S. The molecule has 0 bridgehead atoms. The van der Waals surface area contributed by atoms with Gasteiger partial charge in [0.25, 0.3) is 0 Å². The second-order valence-electron chi connectivity index (χ2n) is 3.86. The van der Waals surface area contributed by atoms with Crippen molar-refractivity contribution < 1.29 is 13.3 Å². The fraction of sp³-hybridized carbons (Fsp3) is 0.222. The first-order valence-electron chi connectivity index (χ1n) is 5.33. The molecule has 11 heteroatoms. The topological polar surface area (TPSA) is 144 Å². The summed E-state index contributed by atoms with van der Waals surface area (Å²) in [4.78, 5) is 10.0. The molecule has 0 spiro atoms. The van der Waals surface area contributed by atoms with Crippen LogP contribution in [0.4, 0.5) is 11.4 Å². The van der Waals surface area contributed by atoms with Crippen LogP contribution in [-0.4, -0.2) is 40.2 Å². The first kappa shape index (κ1) is 13.9. The summed E-state index contributed by atoms with van der Waals surface area (Å²) >= 11 is 0. The number of nitrogens with zero attached hydrogens (tertiary/aromatic N) is 4. The first-order chi connectivity index (χ1) is 9.39. The van der Waals surface area contributed by atoms with Gasteiger partial charge in [-0.2, -0.15) is 5.21 Å². The lowest BCUT2D eigenvalue weighted by Crippen LogP contribution is -2.08. The molecule has 0 fully saturated rings. The van der Waals surface area contributed by atoms with E-state index in [1.807, 2.05) is 0 Å². The van der Waals surface area contributed by atoms with Crippen molar-refractivity contribution in [2.24, 2.45) is 0 Å². The van der Waals surface area contributed by atoms with E-state index in [9.17, 15) is 18.5 Å². The highest BCUT2D eigenvalue weighted by Crippen LogP contribution is 2.31. The van der Waals surface area contributed by atoms with E-state index in [2.05, 4.69) is 25.9 Å². The average molecular weight is 298 g/mol. The highest BCUT2D eigenvalue weighted by molar-refractivity contribution is 7.90. The number of sulfone groups is 1. The van der Waals surface area contributed by atoms with Crippen molar-refractivity contribution in [2.75, 3.05) is 11.6 Å². The Kier molecular flexibility index (Phi) is 3.61. The van der Waals surface area contributed by atoms with Crippen LogP contribution in [-0.2, 0) is 16.4 Å². The smallest absolute Gasteiger partial charge is 0.310 e. The van der Waals surface area contributed by atoms with Crippen molar-refractivity contribution in [1.82, 2.24) is 20.6 Å². The Hall–Kier alpha value is -2.56. The SMILES string of the molecule is CS(=O)(=O)c1cccc(NCc2nn[nH]n2)c1[N+](=O)[O-]. The molecule has 1 aromatic carbocycles. The summed E-state index contributed by atoms with van der Waals surface area (Å²) in [6.07, 6.45) is 0.915. The average Bonchev–Trinajstić information content (AvgIpc) is 2.87. The molecule has 1 aromatic heterocycles. The Bertz CT molecular complexity index is 727. The predicted octanol–water partition coefficient (Wildman–Crippen LogP) is 0.124. The van der Waals surface area contributed by atoms with E-state index in [0.717, 1.165) is 6.26 Å². The van der Waals surface area contributed by atoms with Gasteiger partial charge in [-0.3, -0.25) is 10.1 Å². The van der Waals surface area contributed by atoms with E-state index in [4.69, 9.17) is 0 Å². The van der Waals surface area contributed by atoms with Gasteiger partial charge >= 0.3 is 5.69 Å². The highest BCUT2D eigenvalue weighted by atomic mass is 32.2. The van der Waals surface area contributed by atoms with Crippen molar-refractivity contribution in [3.63, 3.8) is 0 Å². The zero-order chi connectivity index (χ0) is 14.8. The van der Waals surface area contributed by atoms with E-state index >= 15 is 0 Å². The van der Waals surface area contributed by atoms with Gasteiger partial charge in [-0.25, -0.2) is 8.42 Å². The fourth-order valence-corrected chi connectivity index (χ4v) is 2.45. The van der Waals surface area contributed by atoms with Crippen molar-refractivity contribution in [2.45, 2.75) is 11.4 Å². The van der Waals surface area contributed by atoms with Gasteiger partial charge in [0.2, 0.25) is 0 Å². The van der Waals surface area contributed by atoms with Crippen LogP contribution in [0.5, 0.6) is 0 Å². The Morgan fingerprint density at radius 2 is 2.20 bits per heavy atom. The maximum Gasteiger partial charge on any atom is 0.310 e. The minimum absolute atomic E-state index is 0.0720. The molecule has 0 atom stereocenters. The minimum Gasteiger partial charge on any atom is -0.372 e. The highest BCUT2D eigenvalue weighted by Gasteiger charge is 2.26. The summed E-state index contributed by atoms with van der Waals surface area (Å²) in [5.41, 5.74) is -0.429. The van der Waals surface area contributed by atoms with Crippen LogP contribution < -0.4 is 5.32 Å². The number of nitro groups is 1. The zero-order valence-corrected chi connectivity index (χ0v) is 11.1. The Morgan fingerprint density at radius 3 is 2.75 bits per heavy atom. The van der Waals surface area contributed by atoms with Crippen molar-refractivity contribution in [1.29, 1.82) is 0 Å². The lowest BCUT2D eigenvalue weighted by molar-refractivity contribution is -0.386. The van der Waals surface area contributed by atoms with E-state index < -0.39 is 20.4 Å². The number of aromatic nitrogens is 4. The molecule has 106 valence electrons. The van der Waals surface area contributed by atoms with E-state index in [1.165, 1.54) is 18.2 Å². The molecule has 2 aromatic rings. The van der Waals surface area contributed by atoms with Crippen LogP contribution in [0.2, 0.25) is 0 Å². The Balaban J connectivity index is 2.40. The molecule has 0 saturated heterocycles. The molecule has 0 aliphatic heterocycles. The lowest BCUT2D eigenvalue weighted by Gasteiger charge is -2.07. The van der Waals surface area contributed by atoms with Crippen molar-refractivity contribution in [3.8, 4) is 0 Å². The van der Waals surface area contributed by atoms with Crippen molar-refractivity contribution in [3.05, 3.63) is 34.1 Å². The number of benzene rings is 1. The molecule has 0 radical (unpaired) electrons. The molecule has 0 aliphatic carbocycles. The number of rotatable bonds is 5. The molecular weight excluding hydrogens is 288 g/mol. The quantitative estimate of drug-likeness (QED) is 0.585. The number of para-hydroxylation sites is 1. The van der Waals surface area contributed by atoms with Gasteiger partial charge in [0.05, 0.1) is 11.5 Å². The van der Waals surface area contributed by atoms with Gasteiger partial charge in [0.1, 0.15) is 10.6 Å². The van der Waals surface area contributed by atoms with E-state index in [1.54, 1.807) is 0 Å². The van der Waals surface area contributed by atoms with Crippen LogP contribution in [0.3, 0.4) is 0 Å². The summed E-state index contributed by atoms with van der Waals surface area (Å²) in [7, 11) is -3.70. The number of hydrogen-bond donors (Lipinski definition) is 2. The van der Waals surface area contributed by atoms with Gasteiger partial charge in [0.15, 0.2) is 15.7 Å². The lowest BCUT2D eigenvalue weighted by atomic mass is 10.2. The summed E-state index contributed by atoms with van der Waals surface area (Å²) < 4.78 is 23.1. The van der Waals surface area contributed by atoms with Gasteiger partial charge in [0, 0.05) is 6.26 Å². The van der Waals surface area contributed by atoms with E-state index in [-0.39, 0.29) is 17.1 Å². The largest absolute Gasteiger partial charge is 0.372 e. The third-order valence-electron chi connectivity index (χ3n) is 2.41. The van der Waals surface area contributed by atoms with Crippen LogP contribution in [0, 0.1) is 10.1 Å². The van der Waals surface area contributed by atoms with E-state index in [0.29, 0.717) is 5.82 Å². The maximum atomic E-state index is 11.6. The number of nitro benzene ring substituents is 1. The first-order valence-corrected chi connectivity index (χ1v) is 7.22. The zero-order valence-electron chi connectivity index (χ0n) is 10.3. The summed E-state index contributed by atoms with van der Waals surface area (Å²) in [5.74, 6) is 0.295. The second-order valence-corrected chi connectivity index (χ2v) is 5.85. The van der Waals surface area contributed by atoms with Gasteiger partial charge in [-0.05, 0) is 12.1 Å². The molecule has 1 heterocycles. The van der Waals surface area contributed by atoms with Crippen LogP contribution in [0.25, 0.3) is 0 Å². The molecule has 20 heavy (non-hydrogen) atoms. The van der Waals surface area contributed by atoms with Gasteiger partial charge < -0.3 is 5.32 Å². The minimum atomic E-state index is -3.70. The Morgan fingerprint density at radius 1 is 1.45 bits per heavy atom. The molecule has 2 rings (SSSR count). The molecule has 0 unspecified atom stereocenters. The van der Waals surface area contributed by atoms with Crippen LogP contribution >= 0.6 is 0 Å². The number of hydrogen-bond acceptors (Lipinski definition) is 8. The maximum absolute atomic E-state index is 11.6. The number of nitrogens with one attached hydrogen (secondary N) is 2. The number of aromatic amines is 1. The Labute approximate surface area is 113 Å². The normalized spacial score (nSPS) is 11.2.